The fourth-order valence-electron chi connectivity index (χ4n) is 1.80. The zero-order valence-electron chi connectivity index (χ0n) is 11.0. The monoisotopic (exact) mass is 280 g/mol. The van der Waals surface area contributed by atoms with E-state index in [0.29, 0.717) is 16.9 Å². The summed E-state index contributed by atoms with van der Waals surface area (Å²) in [7, 11) is -2.08. The third kappa shape index (κ3) is 2.41. The van der Waals surface area contributed by atoms with Gasteiger partial charge in [0.25, 0.3) is 10.0 Å². The van der Waals surface area contributed by atoms with Gasteiger partial charge in [-0.15, -0.1) is 0 Å². The summed E-state index contributed by atoms with van der Waals surface area (Å²) < 4.78 is 28.3. The Bertz CT molecular complexity index is 719. The number of sulfonamides is 1. The van der Waals surface area contributed by atoms with Gasteiger partial charge < -0.3 is 5.73 Å². The van der Waals surface area contributed by atoms with Crippen LogP contribution in [0, 0.1) is 13.8 Å². The lowest BCUT2D eigenvalue weighted by Gasteiger charge is -2.13. The van der Waals surface area contributed by atoms with Gasteiger partial charge in [-0.25, -0.2) is 0 Å². The van der Waals surface area contributed by atoms with E-state index in [1.165, 1.54) is 16.9 Å². The molecule has 0 aliphatic heterocycles. The maximum Gasteiger partial charge on any atom is 0.279 e. The first-order valence-corrected chi connectivity index (χ1v) is 7.18. The largest absolute Gasteiger partial charge is 0.398 e. The van der Waals surface area contributed by atoms with Gasteiger partial charge in [0.15, 0.2) is 5.03 Å². The Morgan fingerprint density at radius 2 is 1.95 bits per heavy atom. The molecule has 0 saturated heterocycles. The maximum atomic E-state index is 12.2. The van der Waals surface area contributed by atoms with Crippen molar-refractivity contribution in [2.24, 2.45) is 7.05 Å². The normalized spacial score (nSPS) is 11.5. The molecule has 1 aromatic carbocycles. The Labute approximate surface area is 112 Å². The molecule has 2 rings (SSSR count). The molecule has 0 aliphatic carbocycles. The van der Waals surface area contributed by atoms with Crippen LogP contribution in [0.1, 0.15) is 11.1 Å². The number of aromatic nitrogens is 2. The number of hydrogen-bond donors (Lipinski definition) is 2. The molecule has 0 bridgehead atoms. The van der Waals surface area contributed by atoms with E-state index >= 15 is 0 Å². The molecule has 0 radical (unpaired) electrons. The molecular formula is C12H16N4O2S. The van der Waals surface area contributed by atoms with Gasteiger partial charge in [0.05, 0.1) is 11.9 Å². The Balaban J connectivity index is 2.42. The second kappa shape index (κ2) is 4.58. The van der Waals surface area contributed by atoms with Crippen LogP contribution in [-0.2, 0) is 17.1 Å². The van der Waals surface area contributed by atoms with Crippen molar-refractivity contribution in [2.75, 3.05) is 10.5 Å². The minimum absolute atomic E-state index is 0.103. The van der Waals surface area contributed by atoms with Gasteiger partial charge in [-0.1, -0.05) is 6.07 Å². The third-order valence-corrected chi connectivity index (χ3v) is 4.47. The number of aryl methyl sites for hydroxylation is 2. The van der Waals surface area contributed by atoms with Gasteiger partial charge in [-0.05, 0) is 37.1 Å². The zero-order chi connectivity index (χ0) is 14.2. The fourth-order valence-corrected chi connectivity index (χ4v) is 3.05. The van der Waals surface area contributed by atoms with Gasteiger partial charge >= 0.3 is 0 Å². The highest BCUT2D eigenvalue weighted by Crippen LogP contribution is 2.26. The van der Waals surface area contributed by atoms with Crippen LogP contribution in [0.2, 0.25) is 0 Å². The molecule has 2 aromatic rings. The third-order valence-electron chi connectivity index (χ3n) is 3.03. The summed E-state index contributed by atoms with van der Waals surface area (Å²) in [4.78, 5) is 0. The standard InChI is InChI=1S/C12H16N4O2S/c1-8-4-5-10(9(2)12(8)13)15-19(17,18)11-6-7-14-16(11)3/h4-7,15H,13H2,1-3H3. The molecule has 1 aromatic heterocycles. The first-order valence-electron chi connectivity index (χ1n) is 5.69. The number of nitrogens with zero attached hydrogens (tertiary/aromatic N) is 2. The predicted octanol–water partition coefficient (Wildman–Crippen LogP) is 1.42. The van der Waals surface area contributed by atoms with Crippen molar-refractivity contribution >= 4 is 21.4 Å². The average Bonchev–Trinajstić information content (AvgIpc) is 2.77. The van der Waals surface area contributed by atoms with Crippen LogP contribution in [-0.4, -0.2) is 18.2 Å². The molecule has 0 spiro atoms. The van der Waals surface area contributed by atoms with Crippen LogP contribution < -0.4 is 10.5 Å². The second-order valence-corrected chi connectivity index (χ2v) is 6.00. The van der Waals surface area contributed by atoms with E-state index in [2.05, 4.69) is 9.82 Å². The molecule has 3 N–H and O–H groups in total. The Hall–Kier alpha value is -2.02. The second-order valence-electron chi connectivity index (χ2n) is 4.37. The quantitative estimate of drug-likeness (QED) is 0.832. The van der Waals surface area contributed by atoms with Crippen molar-refractivity contribution in [3.05, 3.63) is 35.5 Å². The summed E-state index contributed by atoms with van der Waals surface area (Å²) in [5, 5.41) is 3.95. The van der Waals surface area contributed by atoms with E-state index in [1.807, 2.05) is 6.92 Å². The number of anilines is 2. The molecule has 0 saturated carbocycles. The van der Waals surface area contributed by atoms with E-state index in [0.717, 1.165) is 5.56 Å². The molecule has 0 atom stereocenters. The van der Waals surface area contributed by atoms with E-state index in [9.17, 15) is 8.42 Å². The molecule has 0 amide bonds. The summed E-state index contributed by atoms with van der Waals surface area (Å²) in [6.45, 7) is 3.66. The molecule has 0 unspecified atom stereocenters. The van der Waals surface area contributed by atoms with Crippen LogP contribution in [0.15, 0.2) is 29.4 Å². The number of hydrogen-bond acceptors (Lipinski definition) is 4. The van der Waals surface area contributed by atoms with E-state index in [4.69, 9.17) is 5.73 Å². The highest BCUT2D eigenvalue weighted by atomic mass is 32.2. The number of nitrogens with one attached hydrogen (secondary N) is 1. The van der Waals surface area contributed by atoms with Gasteiger partial charge in [0.1, 0.15) is 0 Å². The Kier molecular flexibility index (Phi) is 3.23. The maximum absolute atomic E-state index is 12.2. The first kappa shape index (κ1) is 13.4. The molecule has 0 fully saturated rings. The topological polar surface area (TPSA) is 90.0 Å². The Morgan fingerprint density at radius 1 is 1.26 bits per heavy atom. The highest BCUT2D eigenvalue weighted by Gasteiger charge is 2.19. The minimum Gasteiger partial charge on any atom is -0.398 e. The van der Waals surface area contributed by atoms with Crippen molar-refractivity contribution in [2.45, 2.75) is 18.9 Å². The number of benzene rings is 1. The van der Waals surface area contributed by atoms with Crippen molar-refractivity contribution < 1.29 is 8.42 Å². The smallest absolute Gasteiger partial charge is 0.279 e. The van der Waals surface area contributed by atoms with Crippen molar-refractivity contribution in [1.29, 1.82) is 0 Å². The lowest BCUT2D eigenvalue weighted by atomic mass is 10.1. The molecule has 6 nitrogen and oxygen atoms in total. The van der Waals surface area contributed by atoms with Gasteiger partial charge in [0, 0.05) is 12.7 Å². The lowest BCUT2D eigenvalue weighted by molar-refractivity contribution is 0.582. The molecular weight excluding hydrogens is 264 g/mol. The van der Waals surface area contributed by atoms with E-state index in [1.54, 1.807) is 26.1 Å². The van der Waals surface area contributed by atoms with Gasteiger partial charge in [-0.3, -0.25) is 9.40 Å². The highest BCUT2D eigenvalue weighted by molar-refractivity contribution is 7.92. The number of rotatable bonds is 3. The predicted molar refractivity (Wildman–Crippen MR) is 74.3 cm³/mol. The van der Waals surface area contributed by atoms with Crippen LogP contribution in [0.4, 0.5) is 11.4 Å². The van der Waals surface area contributed by atoms with Gasteiger partial charge in [0.2, 0.25) is 0 Å². The molecule has 19 heavy (non-hydrogen) atoms. The minimum atomic E-state index is -3.66. The molecule has 0 aliphatic rings. The fraction of sp³-hybridized carbons (Fsp3) is 0.250. The summed E-state index contributed by atoms with van der Waals surface area (Å²) in [6.07, 6.45) is 1.44. The van der Waals surface area contributed by atoms with Crippen LogP contribution >= 0.6 is 0 Å². The van der Waals surface area contributed by atoms with E-state index < -0.39 is 10.0 Å². The summed E-state index contributed by atoms with van der Waals surface area (Å²) >= 11 is 0. The zero-order valence-corrected chi connectivity index (χ0v) is 11.8. The lowest BCUT2D eigenvalue weighted by Crippen LogP contribution is -2.17. The molecule has 1 heterocycles. The molecule has 102 valence electrons. The SMILES string of the molecule is Cc1ccc(NS(=O)(=O)c2ccnn2C)c(C)c1N. The van der Waals surface area contributed by atoms with Crippen molar-refractivity contribution in [3.8, 4) is 0 Å². The number of nitrogen functional groups attached to an aromatic ring is 1. The summed E-state index contributed by atoms with van der Waals surface area (Å²) in [6, 6.07) is 4.92. The Morgan fingerprint density at radius 3 is 2.53 bits per heavy atom. The van der Waals surface area contributed by atoms with Crippen molar-refractivity contribution in [3.63, 3.8) is 0 Å². The van der Waals surface area contributed by atoms with Crippen molar-refractivity contribution in [1.82, 2.24) is 9.78 Å². The van der Waals surface area contributed by atoms with Crippen LogP contribution in [0.3, 0.4) is 0 Å². The molecule has 7 heteroatoms. The average molecular weight is 280 g/mol. The first-order chi connectivity index (χ1) is 8.83. The van der Waals surface area contributed by atoms with E-state index in [-0.39, 0.29) is 5.03 Å². The van der Waals surface area contributed by atoms with Crippen LogP contribution in [0.5, 0.6) is 0 Å². The number of nitrogens with two attached hydrogens (primary N) is 1. The van der Waals surface area contributed by atoms with Gasteiger partial charge in [-0.2, -0.15) is 13.5 Å². The summed E-state index contributed by atoms with van der Waals surface area (Å²) in [5.74, 6) is 0. The van der Waals surface area contributed by atoms with Crippen LogP contribution in [0.25, 0.3) is 0 Å². The summed E-state index contributed by atoms with van der Waals surface area (Å²) in [5.41, 5.74) is 8.59.